The Hall–Kier alpha value is -3.30. The van der Waals surface area contributed by atoms with E-state index in [1.54, 1.807) is 41.8 Å². The number of nitrogens with one attached hydrogen (secondary N) is 2. The summed E-state index contributed by atoms with van der Waals surface area (Å²) < 4.78 is 1.00. The number of fused-ring (bicyclic) bond motifs is 1. The molecule has 164 valence electrons. The van der Waals surface area contributed by atoms with Crippen LogP contribution in [0.15, 0.2) is 54.7 Å². The number of hydrogen-bond donors (Lipinski definition) is 2. The molecule has 4 aromatic rings. The highest BCUT2D eigenvalue weighted by Crippen LogP contribution is 2.34. The van der Waals surface area contributed by atoms with Gasteiger partial charge in [0, 0.05) is 30.5 Å². The molecule has 0 unspecified atom stereocenters. The predicted molar refractivity (Wildman–Crippen MR) is 131 cm³/mol. The van der Waals surface area contributed by atoms with Gasteiger partial charge in [0.1, 0.15) is 4.83 Å². The third-order valence-electron chi connectivity index (χ3n) is 4.87. The Bertz CT molecular complexity index is 1200. The first-order chi connectivity index (χ1) is 15.6. The van der Waals surface area contributed by atoms with Crippen molar-refractivity contribution in [2.45, 2.75) is 20.4 Å². The summed E-state index contributed by atoms with van der Waals surface area (Å²) in [6.07, 6.45) is 1.69. The highest BCUT2D eigenvalue weighted by Gasteiger charge is 2.16. The number of thiophene rings is 1. The number of hydrogen-bond acceptors (Lipinski definition) is 7. The van der Waals surface area contributed by atoms with Crippen molar-refractivity contribution in [1.29, 1.82) is 0 Å². The average molecular weight is 466 g/mol. The maximum Gasteiger partial charge on any atom is 0.265 e. The van der Waals surface area contributed by atoms with E-state index in [1.165, 1.54) is 11.3 Å². The topological polar surface area (TPSA) is 87.2 Å². The van der Waals surface area contributed by atoms with Crippen molar-refractivity contribution in [3.8, 4) is 0 Å². The summed E-state index contributed by atoms with van der Waals surface area (Å²) >= 11 is 2.97. The molecular formula is C23H23N5O2S2. The molecule has 0 atom stereocenters. The van der Waals surface area contributed by atoms with Crippen LogP contribution in [-0.2, 0) is 6.54 Å². The lowest BCUT2D eigenvalue weighted by atomic mass is 10.2. The zero-order valence-electron chi connectivity index (χ0n) is 17.8. The Morgan fingerprint density at radius 1 is 1.00 bits per heavy atom. The molecule has 0 saturated carbocycles. The van der Waals surface area contributed by atoms with Crippen LogP contribution in [0.25, 0.3) is 9.53 Å². The van der Waals surface area contributed by atoms with Gasteiger partial charge in [0.25, 0.3) is 11.8 Å². The Balaban J connectivity index is 1.42. The minimum absolute atomic E-state index is 0.212. The number of amides is 2. The number of pyridine rings is 1. The Morgan fingerprint density at radius 3 is 2.56 bits per heavy atom. The largest absolute Gasteiger partial charge is 0.349 e. The zero-order chi connectivity index (χ0) is 22.5. The average Bonchev–Trinajstić information content (AvgIpc) is 3.39. The summed E-state index contributed by atoms with van der Waals surface area (Å²) in [6.45, 7) is 6.34. The van der Waals surface area contributed by atoms with Crippen molar-refractivity contribution in [1.82, 2.24) is 15.3 Å². The minimum Gasteiger partial charge on any atom is -0.349 e. The van der Waals surface area contributed by atoms with Gasteiger partial charge in [-0.3, -0.25) is 14.6 Å². The van der Waals surface area contributed by atoms with Gasteiger partial charge >= 0.3 is 0 Å². The fraction of sp³-hybridized carbons (Fsp3) is 0.217. The molecule has 3 aromatic heterocycles. The Kier molecular flexibility index (Phi) is 6.77. The van der Waals surface area contributed by atoms with Crippen LogP contribution in [0.4, 0.5) is 10.8 Å². The number of thiazole rings is 1. The molecule has 0 spiro atoms. The number of aromatic nitrogens is 2. The molecule has 0 bridgehead atoms. The molecule has 0 fully saturated rings. The Morgan fingerprint density at radius 2 is 1.84 bits per heavy atom. The van der Waals surface area contributed by atoms with Gasteiger partial charge in [-0.15, -0.1) is 11.3 Å². The van der Waals surface area contributed by atoms with Crippen molar-refractivity contribution >= 4 is 54.8 Å². The van der Waals surface area contributed by atoms with Gasteiger partial charge in [-0.25, -0.2) is 4.98 Å². The molecule has 2 N–H and O–H groups in total. The number of nitrogens with zero attached hydrogens (tertiary/aromatic N) is 3. The van der Waals surface area contributed by atoms with E-state index in [-0.39, 0.29) is 11.8 Å². The molecule has 0 aliphatic rings. The fourth-order valence-electron chi connectivity index (χ4n) is 3.17. The van der Waals surface area contributed by atoms with Crippen LogP contribution in [0.2, 0.25) is 0 Å². The van der Waals surface area contributed by atoms with E-state index in [0.717, 1.165) is 33.4 Å². The maximum absolute atomic E-state index is 12.8. The van der Waals surface area contributed by atoms with Gasteiger partial charge in [0.15, 0.2) is 5.13 Å². The molecule has 3 heterocycles. The van der Waals surface area contributed by atoms with Crippen molar-refractivity contribution in [2.75, 3.05) is 23.3 Å². The molecule has 2 amide bonds. The van der Waals surface area contributed by atoms with Crippen LogP contribution >= 0.6 is 22.7 Å². The lowest BCUT2D eigenvalue weighted by Crippen LogP contribution is -2.23. The first-order valence-electron chi connectivity index (χ1n) is 10.3. The van der Waals surface area contributed by atoms with E-state index in [2.05, 4.69) is 39.3 Å². The molecule has 0 saturated heterocycles. The van der Waals surface area contributed by atoms with E-state index in [1.807, 2.05) is 24.3 Å². The van der Waals surface area contributed by atoms with Crippen molar-refractivity contribution in [3.05, 3.63) is 70.9 Å². The number of anilines is 2. The van der Waals surface area contributed by atoms with Crippen molar-refractivity contribution in [2.24, 2.45) is 0 Å². The van der Waals surface area contributed by atoms with E-state index in [9.17, 15) is 9.59 Å². The molecule has 0 aliphatic carbocycles. The minimum atomic E-state index is -0.225. The molecule has 1 aromatic carbocycles. The second-order valence-corrected chi connectivity index (χ2v) is 9.03. The highest BCUT2D eigenvalue weighted by molar-refractivity contribution is 7.29. The molecule has 0 radical (unpaired) electrons. The van der Waals surface area contributed by atoms with Gasteiger partial charge in [-0.05, 0) is 50.2 Å². The lowest BCUT2D eigenvalue weighted by molar-refractivity contribution is 0.0949. The standard InChI is InChI=1S/C23H23N5O2S2/c1-3-28(4-2)23-27-22-19(32-23)13-18(31-22)21(30)26-16-10-7-8-15(12-16)20(29)25-14-17-9-5-6-11-24-17/h5-13H,3-4,14H2,1-2H3,(H,25,29)(H,26,30). The van der Waals surface area contributed by atoms with E-state index in [4.69, 9.17) is 0 Å². The first-order valence-corrected chi connectivity index (χ1v) is 12.0. The van der Waals surface area contributed by atoms with Crippen LogP contribution in [0.1, 0.15) is 39.6 Å². The van der Waals surface area contributed by atoms with E-state index < -0.39 is 0 Å². The van der Waals surface area contributed by atoms with E-state index in [0.29, 0.717) is 22.7 Å². The van der Waals surface area contributed by atoms with Crippen LogP contribution in [0.5, 0.6) is 0 Å². The fourth-order valence-corrected chi connectivity index (χ4v) is 5.41. The zero-order valence-corrected chi connectivity index (χ0v) is 19.4. The van der Waals surface area contributed by atoms with Crippen molar-refractivity contribution < 1.29 is 9.59 Å². The summed E-state index contributed by atoms with van der Waals surface area (Å²) in [6, 6.07) is 14.3. The molecule has 9 heteroatoms. The summed E-state index contributed by atoms with van der Waals surface area (Å²) in [5, 5.41) is 6.71. The Labute approximate surface area is 194 Å². The molecule has 0 aliphatic heterocycles. The summed E-state index contributed by atoms with van der Waals surface area (Å²) in [5.74, 6) is -0.438. The van der Waals surface area contributed by atoms with Crippen LogP contribution in [-0.4, -0.2) is 34.9 Å². The summed E-state index contributed by atoms with van der Waals surface area (Å²) in [5.41, 5.74) is 1.81. The normalized spacial score (nSPS) is 10.8. The second-order valence-electron chi connectivity index (χ2n) is 6.99. The SMILES string of the molecule is CCN(CC)c1nc2sc(C(=O)Nc3cccc(C(=O)NCc4ccccn4)c3)cc2s1. The van der Waals surface area contributed by atoms with Gasteiger partial charge in [0.2, 0.25) is 0 Å². The van der Waals surface area contributed by atoms with E-state index >= 15 is 0 Å². The van der Waals surface area contributed by atoms with Crippen molar-refractivity contribution in [3.63, 3.8) is 0 Å². The van der Waals surface area contributed by atoms with Gasteiger partial charge in [-0.2, -0.15) is 0 Å². The molecule has 4 rings (SSSR count). The monoisotopic (exact) mass is 465 g/mol. The van der Waals surface area contributed by atoms with Crippen LogP contribution < -0.4 is 15.5 Å². The summed E-state index contributed by atoms with van der Waals surface area (Å²) in [7, 11) is 0. The molecule has 7 nitrogen and oxygen atoms in total. The molecule has 32 heavy (non-hydrogen) atoms. The summed E-state index contributed by atoms with van der Waals surface area (Å²) in [4.78, 5) is 37.8. The predicted octanol–water partition coefficient (Wildman–Crippen LogP) is 4.78. The quantitative estimate of drug-likeness (QED) is 0.391. The van der Waals surface area contributed by atoms with Gasteiger partial charge in [-0.1, -0.05) is 23.5 Å². The van der Waals surface area contributed by atoms with Crippen LogP contribution in [0.3, 0.4) is 0 Å². The number of carbonyl (C=O) groups is 2. The van der Waals surface area contributed by atoms with Crippen LogP contribution in [0, 0.1) is 0 Å². The lowest BCUT2D eigenvalue weighted by Gasteiger charge is -2.16. The first kappa shape index (κ1) is 21.9. The third-order valence-corrected chi connectivity index (χ3v) is 7.09. The number of rotatable bonds is 8. The third kappa shape index (κ3) is 4.95. The van der Waals surface area contributed by atoms with Gasteiger partial charge < -0.3 is 15.5 Å². The van der Waals surface area contributed by atoms with Gasteiger partial charge in [0.05, 0.1) is 21.8 Å². The second kappa shape index (κ2) is 9.88. The molecular weight excluding hydrogens is 442 g/mol. The smallest absolute Gasteiger partial charge is 0.265 e. The number of carbonyl (C=O) groups excluding carboxylic acids is 2. The highest BCUT2D eigenvalue weighted by atomic mass is 32.1. The number of benzene rings is 1. The maximum atomic E-state index is 12.8.